The van der Waals surface area contributed by atoms with E-state index in [0.717, 1.165) is 0 Å². The van der Waals surface area contributed by atoms with Crippen LogP contribution in [-0.4, -0.2) is 31.6 Å². The van der Waals surface area contributed by atoms with Crippen molar-refractivity contribution in [3.8, 4) is 5.75 Å². The van der Waals surface area contributed by atoms with E-state index in [4.69, 9.17) is 5.11 Å². The van der Waals surface area contributed by atoms with Crippen LogP contribution >= 0.6 is 0 Å². The third-order valence-corrected chi connectivity index (χ3v) is 2.31. The van der Waals surface area contributed by atoms with Gasteiger partial charge in [-0.3, -0.25) is 4.79 Å². The Balaban J connectivity index is 3.17. The summed E-state index contributed by atoms with van der Waals surface area (Å²) in [6, 6.07) is 1.72. The summed E-state index contributed by atoms with van der Waals surface area (Å²) in [7, 11) is -5.44. The van der Waals surface area contributed by atoms with Crippen LogP contribution in [0.1, 0.15) is 10.4 Å². The number of carbonyl (C=O) groups excluding carboxylic acids is 1. The van der Waals surface area contributed by atoms with E-state index in [0.29, 0.717) is 18.2 Å². The molecule has 0 aliphatic carbocycles. The Hall–Kier alpha value is -2.37. The zero-order valence-corrected chi connectivity index (χ0v) is 10.5. The zero-order chi connectivity index (χ0) is 16.4. The second-order valence-corrected chi connectivity index (χ2v) is 4.39. The number of hydrogen-bond acceptors (Lipinski definition) is 5. The summed E-state index contributed by atoms with van der Waals surface area (Å²) in [4.78, 5) is 21.5. The highest BCUT2D eigenvalue weighted by Crippen LogP contribution is 2.25. The Kier molecular flexibility index (Phi) is 4.41. The van der Waals surface area contributed by atoms with Crippen LogP contribution in [0.25, 0.3) is 0 Å². The lowest BCUT2D eigenvalue weighted by atomic mass is 10.1. The molecule has 0 aliphatic heterocycles. The van der Waals surface area contributed by atoms with Crippen molar-refractivity contribution in [1.29, 1.82) is 0 Å². The van der Waals surface area contributed by atoms with E-state index in [2.05, 4.69) is 4.18 Å². The van der Waals surface area contributed by atoms with Crippen LogP contribution in [0.3, 0.4) is 0 Å². The van der Waals surface area contributed by atoms with Gasteiger partial charge < -0.3 is 14.6 Å². The highest BCUT2D eigenvalue weighted by molar-refractivity contribution is 7.81. The number of carbonyl (C=O) groups is 2. The summed E-state index contributed by atoms with van der Waals surface area (Å²) in [5, 5.41) is 10.1. The van der Waals surface area contributed by atoms with E-state index < -0.39 is 45.6 Å². The van der Waals surface area contributed by atoms with Gasteiger partial charge in [0.2, 0.25) is 0 Å². The minimum absolute atomic E-state index is 0.436. The number of rotatable bonds is 4. The maximum absolute atomic E-state index is 12.3. The fraction of sp³-hybridized carbons (Fsp3) is 0.111. The first-order chi connectivity index (χ1) is 9.40. The topological polar surface area (TPSA) is 110 Å². The average Bonchev–Trinajstić information content (AvgIpc) is 2.27. The largest absolute Gasteiger partial charge is 0.488 e. The average molecular weight is 331 g/mol. The third-order valence-electron chi connectivity index (χ3n) is 1.92. The van der Waals surface area contributed by atoms with Gasteiger partial charge >= 0.3 is 28.6 Å². The van der Waals surface area contributed by atoms with E-state index >= 15 is 0 Å². The molecular weight excluding hydrogens is 326 g/mol. The van der Waals surface area contributed by atoms with Crippen LogP contribution in [0.4, 0.5) is 22.7 Å². The molecule has 1 aromatic carbocycles. The number of anilines is 1. The zero-order valence-electron chi connectivity index (χ0n) is 9.64. The van der Waals surface area contributed by atoms with E-state index in [-0.39, 0.29) is 0 Å². The molecular formula is C9H5F4NO6S. The van der Waals surface area contributed by atoms with Gasteiger partial charge in [-0.05, 0) is 18.2 Å². The molecule has 1 rings (SSSR count). The summed E-state index contributed by atoms with van der Waals surface area (Å²) < 4.78 is 72.6. The fourth-order valence-corrected chi connectivity index (χ4v) is 1.50. The van der Waals surface area contributed by atoms with Gasteiger partial charge in [0.15, 0.2) is 0 Å². The Morgan fingerprint density at radius 1 is 1.24 bits per heavy atom. The van der Waals surface area contributed by atoms with Gasteiger partial charge in [0.1, 0.15) is 5.75 Å². The normalized spacial score (nSPS) is 11.8. The minimum atomic E-state index is -5.44. The molecule has 0 bridgehead atoms. The maximum atomic E-state index is 12.3. The monoisotopic (exact) mass is 331 g/mol. The Morgan fingerprint density at radius 2 is 1.81 bits per heavy atom. The molecule has 1 amide bonds. The molecule has 116 valence electrons. The summed E-state index contributed by atoms with van der Waals surface area (Å²) >= 11 is 0. The molecule has 12 heteroatoms. The van der Waals surface area contributed by atoms with Crippen molar-refractivity contribution in [1.82, 2.24) is 0 Å². The fourth-order valence-electron chi connectivity index (χ4n) is 1.17. The highest BCUT2D eigenvalue weighted by Gasteiger charge is 2.39. The Labute approximate surface area is 114 Å². The van der Waals surface area contributed by atoms with Gasteiger partial charge in [0, 0.05) is 0 Å². The molecule has 0 aliphatic rings. The molecule has 0 heterocycles. The van der Waals surface area contributed by atoms with Crippen molar-refractivity contribution in [2.75, 3.05) is 5.32 Å². The number of halogens is 4. The van der Waals surface area contributed by atoms with Crippen molar-refractivity contribution in [3.63, 3.8) is 0 Å². The second kappa shape index (κ2) is 5.55. The predicted octanol–water partition coefficient (Wildman–Crippen LogP) is 1.48. The molecule has 1 aromatic rings. The van der Waals surface area contributed by atoms with Crippen LogP contribution in [0.15, 0.2) is 18.2 Å². The van der Waals surface area contributed by atoms with Crippen LogP contribution in [0.2, 0.25) is 0 Å². The molecule has 2 N–H and O–H groups in total. The third kappa shape index (κ3) is 4.91. The first-order valence-corrected chi connectivity index (χ1v) is 6.10. The SMILES string of the molecule is O=C(O)c1cc(OS(=O)(=O)F)ccc1NC(=O)C(F)(F)F. The lowest BCUT2D eigenvalue weighted by molar-refractivity contribution is -0.167. The van der Waals surface area contributed by atoms with Gasteiger partial charge in [-0.2, -0.15) is 21.6 Å². The van der Waals surface area contributed by atoms with Gasteiger partial charge in [-0.15, -0.1) is 0 Å². The molecule has 0 radical (unpaired) electrons. The van der Waals surface area contributed by atoms with Gasteiger partial charge in [-0.25, -0.2) is 4.79 Å². The molecule has 0 unspecified atom stereocenters. The minimum Gasteiger partial charge on any atom is -0.478 e. The van der Waals surface area contributed by atoms with E-state index in [1.54, 1.807) is 0 Å². The Bertz CT molecular complexity index is 684. The van der Waals surface area contributed by atoms with Crippen LogP contribution < -0.4 is 9.50 Å². The molecule has 0 fully saturated rings. The number of benzene rings is 1. The maximum Gasteiger partial charge on any atom is 0.488 e. The number of carboxylic acid groups (broad SMARTS) is 1. The standard InChI is InChI=1S/C9H5F4NO6S/c10-9(11,12)8(17)14-6-2-1-4(20-21(13,18)19)3-5(6)7(15)16/h1-3H,(H,14,17)(H,15,16). The molecule has 0 saturated heterocycles. The van der Waals surface area contributed by atoms with Crippen LogP contribution in [0.5, 0.6) is 5.75 Å². The number of alkyl halides is 3. The van der Waals surface area contributed by atoms with Crippen molar-refractivity contribution in [2.45, 2.75) is 6.18 Å². The smallest absolute Gasteiger partial charge is 0.478 e. The predicted molar refractivity (Wildman–Crippen MR) is 58.7 cm³/mol. The van der Waals surface area contributed by atoms with Gasteiger partial charge in [-0.1, -0.05) is 3.89 Å². The number of aromatic carboxylic acids is 1. The van der Waals surface area contributed by atoms with Crippen molar-refractivity contribution in [3.05, 3.63) is 23.8 Å². The van der Waals surface area contributed by atoms with Gasteiger partial charge in [0.25, 0.3) is 0 Å². The molecule has 0 spiro atoms. The summed E-state index contributed by atoms with van der Waals surface area (Å²) in [5.41, 5.74) is -1.69. The Morgan fingerprint density at radius 3 is 2.24 bits per heavy atom. The second-order valence-electron chi connectivity index (χ2n) is 3.44. The summed E-state index contributed by atoms with van der Waals surface area (Å²) in [6.07, 6.45) is -5.26. The van der Waals surface area contributed by atoms with Gasteiger partial charge in [0.05, 0.1) is 11.3 Å². The molecule has 0 aromatic heterocycles. The molecule has 0 saturated carbocycles. The molecule has 0 atom stereocenters. The highest BCUT2D eigenvalue weighted by atomic mass is 32.3. The number of hydrogen-bond donors (Lipinski definition) is 2. The van der Waals surface area contributed by atoms with E-state index in [1.165, 1.54) is 5.32 Å². The number of nitrogens with one attached hydrogen (secondary N) is 1. The number of carboxylic acids is 1. The molecule has 7 nitrogen and oxygen atoms in total. The number of amides is 1. The lowest BCUT2D eigenvalue weighted by Gasteiger charge is -2.11. The quantitative estimate of drug-likeness (QED) is 0.639. The van der Waals surface area contributed by atoms with Crippen molar-refractivity contribution >= 4 is 28.1 Å². The van der Waals surface area contributed by atoms with E-state index in [1.807, 2.05) is 0 Å². The first kappa shape index (κ1) is 16.7. The van der Waals surface area contributed by atoms with Crippen LogP contribution in [-0.2, 0) is 15.3 Å². The lowest BCUT2D eigenvalue weighted by Crippen LogP contribution is -2.30. The van der Waals surface area contributed by atoms with Crippen molar-refractivity contribution < 1.29 is 44.4 Å². The first-order valence-electron chi connectivity index (χ1n) is 4.80. The van der Waals surface area contributed by atoms with E-state index in [9.17, 15) is 35.1 Å². The summed E-state index contributed by atoms with van der Waals surface area (Å²) in [6.45, 7) is 0. The van der Waals surface area contributed by atoms with Crippen molar-refractivity contribution in [2.24, 2.45) is 0 Å². The summed E-state index contributed by atoms with van der Waals surface area (Å²) in [5.74, 6) is -5.02. The van der Waals surface area contributed by atoms with Crippen LogP contribution in [0, 0.1) is 0 Å². The molecule has 21 heavy (non-hydrogen) atoms.